The van der Waals surface area contributed by atoms with Gasteiger partial charge in [0.05, 0.1) is 5.52 Å². The molecule has 2 aromatic rings. The van der Waals surface area contributed by atoms with Crippen molar-refractivity contribution in [2.75, 3.05) is 19.1 Å². The van der Waals surface area contributed by atoms with Crippen molar-refractivity contribution in [2.45, 2.75) is 18.9 Å². The lowest BCUT2D eigenvalue weighted by molar-refractivity contribution is 0.539. The summed E-state index contributed by atoms with van der Waals surface area (Å²) in [5, 5.41) is 4.39. The molecule has 0 aliphatic carbocycles. The van der Waals surface area contributed by atoms with Crippen LogP contribution in [0.25, 0.3) is 10.9 Å². The lowest BCUT2D eigenvalue weighted by atomic mass is 9.98. The second-order valence-electron chi connectivity index (χ2n) is 5.03. The minimum atomic E-state index is -2.89. The summed E-state index contributed by atoms with van der Waals surface area (Å²) >= 11 is 0. The summed E-state index contributed by atoms with van der Waals surface area (Å²) in [6, 6.07) is 10.2. The Balaban J connectivity index is 2.21. The second kappa shape index (κ2) is 6.33. The Morgan fingerprint density at radius 2 is 2.05 bits per heavy atom. The maximum absolute atomic E-state index is 11.2. The number of nitrogens with zero attached hydrogens (tertiary/aromatic N) is 1. The van der Waals surface area contributed by atoms with Crippen molar-refractivity contribution in [1.29, 1.82) is 0 Å². The molecule has 4 nitrogen and oxygen atoms in total. The molecule has 0 amide bonds. The minimum absolute atomic E-state index is 0.143. The van der Waals surface area contributed by atoms with Crippen LogP contribution >= 0.6 is 0 Å². The van der Waals surface area contributed by atoms with E-state index in [0.717, 1.165) is 17.3 Å². The Bertz CT molecular complexity index is 678. The van der Waals surface area contributed by atoms with E-state index in [4.69, 9.17) is 0 Å². The quantitative estimate of drug-likeness (QED) is 0.887. The van der Waals surface area contributed by atoms with E-state index in [0.29, 0.717) is 6.42 Å². The molecule has 0 fully saturated rings. The van der Waals surface area contributed by atoms with Crippen molar-refractivity contribution >= 4 is 20.7 Å². The first-order valence-electron chi connectivity index (χ1n) is 6.70. The number of sulfone groups is 1. The molecular formula is C15H20N2O2S. The van der Waals surface area contributed by atoms with Crippen LogP contribution < -0.4 is 5.32 Å². The standard InChI is InChI=1S/C15H20N2O2S/c1-16-14(9-5-11-20(2,18)19)12-6-3-8-15-13(12)7-4-10-17-15/h3-4,6-8,10,14,16H,5,9,11H2,1-2H3. The predicted octanol–water partition coefficient (Wildman–Crippen LogP) is 2.32. The topological polar surface area (TPSA) is 59.1 Å². The summed E-state index contributed by atoms with van der Waals surface area (Å²) in [4.78, 5) is 4.35. The van der Waals surface area contributed by atoms with Crippen LogP contribution in [0.4, 0.5) is 0 Å². The zero-order valence-corrected chi connectivity index (χ0v) is 12.7. The van der Waals surface area contributed by atoms with Crippen molar-refractivity contribution in [3.05, 3.63) is 42.1 Å². The van der Waals surface area contributed by atoms with E-state index in [1.165, 1.54) is 11.8 Å². The van der Waals surface area contributed by atoms with Gasteiger partial charge in [-0.05, 0) is 37.6 Å². The first kappa shape index (κ1) is 14.9. The SMILES string of the molecule is CNC(CCCS(C)(=O)=O)c1cccc2ncccc12. The number of benzene rings is 1. The van der Waals surface area contributed by atoms with Crippen LogP contribution in [0.1, 0.15) is 24.4 Å². The third-order valence-electron chi connectivity index (χ3n) is 3.41. The van der Waals surface area contributed by atoms with Crippen LogP contribution in [-0.4, -0.2) is 32.5 Å². The van der Waals surface area contributed by atoms with Gasteiger partial charge in [0.15, 0.2) is 0 Å². The van der Waals surface area contributed by atoms with Crippen LogP contribution in [0.15, 0.2) is 36.5 Å². The molecule has 0 bridgehead atoms. The molecule has 1 aromatic heterocycles. The van der Waals surface area contributed by atoms with Gasteiger partial charge in [-0.15, -0.1) is 0 Å². The average molecular weight is 292 g/mol. The van der Waals surface area contributed by atoms with E-state index < -0.39 is 9.84 Å². The molecule has 1 atom stereocenters. The lowest BCUT2D eigenvalue weighted by Crippen LogP contribution is -2.18. The first-order chi connectivity index (χ1) is 9.51. The summed E-state index contributed by atoms with van der Waals surface area (Å²) in [7, 11) is -0.990. The van der Waals surface area contributed by atoms with E-state index in [-0.39, 0.29) is 11.8 Å². The Morgan fingerprint density at radius 1 is 1.25 bits per heavy atom. The number of nitrogens with one attached hydrogen (secondary N) is 1. The number of aromatic nitrogens is 1. The highest BCUT2D eigenvalue weighted by Crippen LogP contribution is 2.25. The van der Waals surface area contributed by atoms with E-state index in [1.54, 1.807) is 6.20 Å². The maximum atomic E-state index is 11.2. The maximum Gasteiger partial charge on any atom is 0.147 e. The fourth-order valence-electron chi connectivity index (χ4n) is 2.44. The second-order valence-corrected chi connectivity index (χ2v) is 7.29. The van der Waals surface area contributed by atoms with Crippen molar-refractivity contribution in [3.8, 4) is 0 Å². The predicted molar refractivity (Wildman–Crippen MR) is 82.5 cm³/mol. The van der Waals surface area contributed by atoms with Gasteiger partial charge in [-0.2, -0.15) is 0 Å². The van der Waals surface area contributed by atoms with Gasteiger partial charge < -0.3 is 5.32 Å². The van der Waals surface area contributed by atoms with E-state index in [1.807, 2.05) is 25.2 Å². The monoisotopic (exact) mass is 292 g/mol. The molecule has 0 saturated heterocycles. The third kappa shape index (κ3) is 3.77. The molecule has 20 heavy (non-hydrogen) atoms. The Labute approximate surface area is 120 Å². The Morgan fingerprint density at radius 3 is 2.75 bits per heavy atom. The molecule has 5 heteroatoms. The highest BCUT2D eigenvalue weighted by Gasteiger charge is 2.13. The number of pyridine rings is 1. The smallest absolute Gasteiger partial charge is 0.147 e. The molecule has 0 aliphatic rings. The zero-order chi connectivity index (χ0) is 14.6. The summed E-state index contributed by atoms with van der Waals surface area (Å²) in [6.07, 6.45) is 4.51. The van der Waals surface area contributed by atoms with Crippen molar-refractivity contribution in [3.63, 3.8) is 0 Å². The Hall–Kier alpha value is -1.46. The fourth-order valence-corrected chi connectivity index (χ4v) is 3.13. The van der Waals surface area contributed by atoms with Gasteiger partial charge >= 0.3 is 0 Å². The number of hydrogen-bond acceptors (Lipinski definition) is 4. The summed E-state index contributed by atoms with van der Waals surface area (Å²) in [5.41, 5.74) is 2.14. The number of hydrogen-bond donors (Lipinski definition) is 1. The largest absolute Gasteiger partial charge is 0.313 e. The van der Waals surface area contributed by atoms with Crippen LogP contribution in [0.5, 0.6) is 0 Å². The molecule has 0 aliphatic heterocycles. The molecule has 1 aromatic carbocycles. The van der Waals surface area contributed by atoms with Crippen molar-refractivity contribution in [2.24, 2.45) is 0 Å². The number of rotatable bonds is 6. The lowest BCUT2D eigenvalue weighted by Gasteiger charge is -2.18. The van der Waals surface area contributed by atoms with Crippen molar-refractivity contribution < 1.29 is 8.42 Å². The zero-order valence-electron chi connectivity index (χ0n) is 11.8. The minimum Gasteiger partial charge on any atom is -0.313 e. The summed E-state index contributed by atoms with van der Waals surface area (Å²) < 4.78 is 22.4. The molecule has 0 radical (unpaired) electrons. The van der Waals surface area contributed by atoms with Crippen molar-refractivity contribution in [1.82, 2.24) is 10.3 Å². The fraction of sp³-hybridized carbons (Fsp3) is 0.400. The molecule has 2 rings (SSSR count). The molecule has 1 unspecified atom stereocenters. The van der Waals surface area contributed by atoms with Gasteiger partial charge in [0.2, 0.25) is 0 Å². The van der Waals surface area contributed by atoms with Gasteiger partial charge in [0, 0.05) is 29.6 Å². The van der Waals surface area contributed by atoms with Gasteiger partial charge in [0.1, 0.15) is 9.84 Å². The normalized spacial score (nSPS) is 13.5. The highest BCUT2D eigenvalue weighted by molar-refractivity contribution is 7.90. The van der Waals surface area contributed by atoms with E-state index >= 15 is 0 Å². The number of fused-ring (bicyclic) bond motifs is 1. The molecule has 0 spiro atoms. The van der Waals surface area contributed by atoms with Gasteiger partial charge in [-0.25, -0.2) is 8.42 Å². The van der Waals surface area contributed by atoms with Gasteiger partial charge in [0.25, 0.3) is 0 Å². The molecule has 108 valence electrons. The van der Waals surface area contributed by atoms with Gasteiger partial charge in [-0.3, -0.25) is 4.98 Å². The van der Waals surface area contributed by atoms with E-state index in [9.17, 15) is 8.42 Å². The molecular weight excluding hydrogens is 272 g/mol. The van der Waals surface area contributed by atoms with E-state index in [2.05, 4.69) is 22.4 Å². The molecule has 1 heterocycles. The summed E-state index contributed by atoms with van der Waals surface area (Å²) in [6.45, 7) is 0. The van der Waals surface area contributed by atoms with Crippen LogP contribution in [-0.2, 0) is 9.84 Å². The Kier molecular flexibility index (Phi) is 4.73. The first-order valence-corrected chi connectivity index (χ1v) is 8.76. The average Bonchev–Trinajstić information content (AvgIpc) is 2.42. The highest BCUT2D eigenvalue weighted by atomic mass is 32.2. The molecule has 0 saturated carbocycles. The van der Waals surface area contributed by atoms with Crippen LogP contribution in [0, 0.1) is 0 Å². The molecule has 1 N–H and O–H groups in total. The summed E-state index contributed by atoms with van der Waals surface area (Å²) in [5.74, 6) is 0.230. The van der Waals surface area contributed by atoms with Crippen LogP contribution in [0.3, 0.4) is 0 Å². The van der Waals surface area contributed by atoms with Gasteiger partial charge in [-0.1, -0.05) is 18.2 Å². The van der Waals surface area contributed by atoms with Crippen LogP contribution in [0.2, 0.25) is 0 Å². The third-order valence-corrected chi connectivity index (χ3v) is 4.44.